The Morgan fingerprint density at radius 1 is 1.42 bits per heavy atom. The van der Waals surface area contributed by atoms with E-state index in [0.29, 0.717) is 11.4 Å². The third kappa shape index (κ3) is 3.29. The lowest BCUT2D eigenvalue weighted by Gasteiger charge is -2.18. The molecule has 2 aromatic rings. The van der Waals surface area contributed by atoms with Gasteiger partial charge in [-0.25, -0.2) is 4.39 Å². The molecule has 0 aliphatic carbocycles. The number of hydrazine groups is 1. The summed E-state index contributed by atoms with van der Waals surface area (Å²) >= 11 is 6.03. The normalized spacial score (nSPS) is 12.4. The van der Waals surface area contributed by atoms with E-state index >= 15 is 0 Å². The van der Waals surface area contributed by atoms with Crippen molar-refractivity contribution in [2.45, 2.75) is 19.4 Å². The maximum atomic E-state index is 13.0. The van der Waals surface area contributed by atoms with Crippen molar-refractivity contribution in [2.24, 2.45) is 5.84 Å². The van der Waals surface area contributed by atoms with Crippen molar-refractivity contribution in [1.29, 1.82) is 0 Å². The van der Waals surface area contributed by atoms with Crippen molar-refractivity contribution < 1.29 is 4.39 Å². The van der Waals surface area contributed by atoms with Gasteiger partial charge in [-0.05, 0) is 48.2 Å². The summed E-state index contributed by atoms with van der Waals surface area (Å²) in [5, 5.41) is 0.404. The van der Waals surface area contributed by atoms with E-state index in [1.54, 1.807) is 18.5 Å². The van der Waals surface area contributed by atoms with Crippen LogP contribution in [0.25, 0.3) is 0 Å². The molecular weight excluding hydrogens is 265 g/mol. The van der Waals surface area contributed by atoms with Crippen molar-refractivity contribution >= 4 is 11.6 Å². The van der Waals surface area contributed by atoms with Crippen LogP contribution in [0.15, 0.2) is 36.7 Å². The molecule has 0 saturated heterocycles. The zero-order chi connectivity index (χ0) is 13.8. The van der Waals surface area contributed by atoms with Gasteiger partial charge in [0.1, 0.15) is 5.82 Å². The van der Waals surface area contributed by atoms with E-state index in [-0.39, 0.29) is 11.9 Å². The van der Waals surface area contributed by atoms with Crippen LogP contribution in [0, 0.1) is 12.7 Å². The Hall–Kier alpha value is -1.49. The zero-order valence-corrected chi connectivity index (χ0v) is 11.3. The maximum absolute atomic E-state index is 13.0. The standard InChI is InChI=1S/C14H15ClFN3/c1-9-4-5-18-8-12(9)14(19-17)6-10-2-3-11(16)7-13(10)15/h2-5,7-8,14,19H,6,17H2,1H3. The molecule has 5 heteroatoms. The molecule has 3 nitrogen and oxygen atoms in total. The van der Waals surface area contributed by atoms with Crippen molar-refractivity contribution in [2.75, 3.05) is 0 Å². The SMILES string of the molecule is Cc1ccncc1C(Cc1ccc(F)cc1Cl)NN. The first kappa shape index (κ1) is 13.9. The average Bonchev–Trinajstić information content (AvgIpc) is 2.39. The van der Waals surface area contributed by atoms with Crippen LogP contribution in [0.3, 0.4) is 0 Å². The topological polar surface area (TPSA) is 50.9 Å². The molecule has 0 spiro atoms. The fourth-order valence-electron chi connectivity index (χ4n) is 2.01. The zero-order valence-electron chi connectivity index (χ0n) is 10.5. The van der Waals surface area contributed by atoms with Gasteiger partial charge >= 0.3 is 0 Å². The number of aryl methyl sites for hydroxylation is 1. The first-order chi connectivity index (χ1) is 9.11. The Kier molecular flexibility index (Phi) is 4.47. The molecule has 0 amide bonds. The number of rotatable bonds is 4. The molecule has 0 saturated carbocycles. The molecule has 1 aromatic heterocycles. The van der Waals surface area contributed by atoms with Crippen molar-refractivity contribution in [3.8, 4) is 0 Å². The highest BCUT2D eigenvalue weighted by atomic mass is 35.5. The fourth-order valence-corrected chi connectivity index (χ4v) is 2.25. The third-order valence-corrected chi connectivity index (χ3v) is 3.45. The molecule has 19 heavy (non-hydrogen) atoms. The second-order valence-corrected chi connectivity index (χ2v) is 4.80. The predicted octanol–water partition coefficient (Wildman–Crippen LogP) is 2.93. The van der Waals surface area contributed by atoms with Crippen molar-refractivity contribution in [3.05, 3.63) is 64.2 Å². The highest BCUT2D eigenvalue weighted by Crippen LogP contribution is 2.25. The molecule has 1 atom stereocenters. The summed E-state index contributed by atoms with van der Waals surface area (Å²) in [5.74, 6) is 5.26. The van der Waals surface area contributed by atoms with Crippen LogP contribution in [-0.2, 0) is 6.42 Å². The average molecular weight is 280 g/mol. The molecule has 2 rings (SSSR count). The number of hydrogen-bond acceptors (Lipinski definition) is 3. The van der Waals surface area contributed by atoms with Crippen LogP contribution >= 0.6 is 11.6 Å². The molecule has 100 valence electrons. The summed E-state index contributed by atoms with van der Waals surface area (Å²) in [7, 11) is 0. The fraction of sp³-hybridized carbons (Fsp3) is 0.214. The van der Waals surface area contributed by atoms with Crippen LogP contribution in [0.1, 0.15) is 22.7 Å². The molecule has 0 aliphatic rings. The Morgan fingerprint density at radius 3 is 2.84 bits per heavy atom. The van der Waals surface area contributed by atoms with Gasteiger partial charge in [-0.15, -0.1) is 0 Å². The quantitative estimate of drug-likeness (QED) is 0.668. The Morgan fingerprint density at radius 2 is 2.21 bits per heavy atom. The number of nitrogens with zero attached hydrogens (tertiary/aromatic N) is 1. The van der Waals surface area contributed by atoms with Gasteiger partial charge in [-0.2, -0.15) is 0 Å². The maximum Gasteiger partial charge on any atom is 0.124 e. The van der Waals surface area contributed by atoms with Crippen LogP contribution in [0.4, 0.5) is 4.39 Å². The second kappa shape index (κ2) is 6.10. The number of benzene rings is 1. The van der Waals surface area contributed by atoms with E-state index in [9.17, 15) is 4.39 Å². The van der Waals surface area contributed by atoms with Crippen LogP contribution in [0.5, 0.6) is 0 Å². The summed E-state index contributed by atoms with van der Waals surface area (Å²) in [6, 6.07) is 6.18. The van der Waals surface area contributed by atoms with E-state index in [0.717, 1.165) is 16.7 Å². The number of aromatic nitrogens is 1. The van der Waals surface area contributed by atoms with Gasteiger partial charge in [-0.3, -0.25) is 16.3 Å². The monoisotopic (exact) mass is 279 g/mol. The Labute approximate surface area is 116 Å². The minimum absolute atomic E-state index is 0.114. The van der Waals surface area contributed by atoms with Crippen LogP contribution in [-0.4, -0.2) is 4.98 Å². The summed E-state index contributed by atoms with van der Waals surface area (Å²) in [5.41, 5.74) is 5.70. The molecule has 0 bridgehead atoms. The Bertz CT molecular complexity index is 574. The molecule has 1 unspecified atom stereocenters. The first-order valence-electron chi connectivity index (χ1n) is 5.92. The van der Waals surface area contributed by atoms with Gasteiger partial charge in [0.2, 0.25) is 0 Å². The van der Waals surface area contributed by atoms with Gasteiger partial charge in [0.15, 0.2) is 0 Å². The summed E-state index contributed by atoms with van der Waals surface area (Å²) < 4.78 is 13.0. The van der Waals surface area contributed by atoms with E-state index in [4.69, 9.17) is 17.4 Å². The van der Waals surface area contributed by atoms with E-state index in [2.05, 4.69) is 10.4 Å². The first-order valence-corrected chi connectivity index (χ1v) is 6.30. The van der Waals surface area contributed by atoms with Gasteiger partial charge in [-0.1, -0.05) is 17.7 Å². The molecule has 0 fully saturated rings. The lowest BCUT2D eigenvalue weighted by atomic mass is 9.97. The summed E-state index contributed by atoms with van der Waals surface area (Å²) in [6.45, 7) is 1.99. The lowest BCUT2D eigenvalue weighted by molar-refractivity contribution is 0.546. The van der Waals surface area contributed by atoms with Gasteiger partial charge in [0.25, 0.3) is 0 Å². The number of nitrogens with one attached hydrogen (secondary N) is 1. The van der Waals surface area contributed by atoms with E-state index in [1.165, 1.54) is 12.1 Å². The van der Waals surface area contributed by atoms with Gasteiger partial charge in [0.05, 0.1) is 6.04 Å². The number of pyridine rings is 1. The summed E-state index contributed by atoms with van der Waals surface area (Å²) in [6.07, 6.45) is 4.08. The molecule has 0 aliphatic heterocycles. The molecule has 1 aromatic carbocycles. The molecule has 1 heterocycles. The Balaban J connectivity index is 2.27. The minimum atomic E-state index is -0.344. The number of halogens is 2. The lowest BCUT2D eigenvalue weighted by Crippen LogP contribution is -2.30. The molecule has 0 radical (unpaired) electrons. The van der Waals surface area contributed by atoms with Crippen LogP contribution in [0.2, 0.25) is 5.02 Å². The summed E-state index contributed by atoms with van der Waals surface area (Å²) in [4.78, 5) is 4.10. The molecule has 3 N–H and O–H groups in total. The third-order valence-electron chi connectivity index (χ3n) is 3.10. The number of nitrogens with two attached hydrogens (primary N) is 1. The van der Waals surface area contributed by atoms with Gasteiger partial charge < -0.3 is 0 Å². The minimum Gasteiger partial charge on any atom is -0.271 e. The predicted molar refractivity (Wildman–Crippen MR) is 74.2 cm³/mol. The number of hydrogen-bond donors (Lipinski definition) is 2. The highest BCUT2D eigenvalue weighted by molar-refractivity contribution is 6.31. The molecular formula is C14H15ClFN3. The second-order valence-electron chi connectivity index (χ2n) is 4.39. The largest absolute Gasteiger partial charge is 0.271 e. The van der Waals surface area contributed by atoms with E-state index in [1.807, 2.05) is 13.0 Å². The van der Waals surface area contributed by atoms with Crippen LogP contribution < -0.4 is 11.3 Å². The van der Waals surface area contributed by atoms with E-state index < -0.39 is 0 Å². The smallest absolute Gasteiger partial charge is 0.124 e. The highest BCUT2D eigenvalue weighted by Gasteiger charge is 2.15. The van der Waals surface area contributed by atoms with Crippen molar-refractivity contribution in [1.82, 2.24) is 10.4 Å². The van der Waals surface area contributed by atoms with Crippen molar-refractivity contribution in [3.63, 3.8) is 0 Å². The van der Waals surface area contributed by atoms with Gasteiger partial charge in [0, 0.05) is 17.4 Å².